The molecule has 0 fully saturated rings. The van der Waals surface area contributed by atoms with E-state index < -0.39 is 0 Å². The van der Waals surface area contributed by atoms with Crippen molar-refractivity contribution in [1.29, 1.82) is 0 Å². The van der Waals surface area contributed by atoms with E-state index in [-0.39, 0.29) is 18.6 Å². The maximum Gasteiger partial charge on any atom is 0.0195 e. The van der Waals surface area contributed by atoms with Crippen LogP contribution in [0.1, 0.15) is 19.8 Å². The maximum atomic E-state index is 8.11. The predicted molar refractivity (Wildman–Crippen MR) is 30.0 cm³/mol. The average molecular weight is 157 g/mol. The largest absolute Gasteiger partial charge is 0.330 e. The van der Waals surface area contributed by atoms with Crippen molar-refractivity contribution in [3.63, 3.8) is 0 Å². The van der Waals surface area contributed by atoms with Gasteiger partial charge in [0.05, 0.1) is 0 Å². The molecule has 0 saturated carbocycles. The summed E-state index contributed by atoms with van der Waals surface area (Å²) in [5.74, 6) is 0.885. The van der Waals surface area contributed by atoms with Gasteiger partial charge in [0.25, 0.3) is 0 Å². The molecule has 1 N–H and O–H groups in total. The van der Waals surface area contributed by atoms with Crippen LogP contribution in [-0.2, 0) is 18.6 Å². The molecule has 1 radical (unpaired) electrons. The maximum absolute atomic E-state index is 8.11. The molecular formula is C4H10OSV. The summed E-state index contributed by atoms with van der Waals surface area (Å²) in [6.45, 7) is 2.11. The SMILES string of the molecule is CCCCSO.[V]. The molecule has 0 rings (SSSR count). The van der Waals surface area contributed by atoms with Gasteiger partial charge in [-0.2, -0.15) is 0 Å². The van der Waals surface area contributed by atoms with Gasteiger partial charge >= 0.3 is 0 Å². The van der Waals surface area contributed by atoms with E-state index in [1.165, 1.54) is 6.42 Å². The van der Waals surface area contributed by atoms with E-state index in [2.05, 4.69) is 6.92 Å². The van der Waals surface area contributed by atoms with Crippen LogP contribution in [0, 0.1) is 0 Å². The van der Waals surface area contributed by atoms with Crippen molar-refractivity contribution < 1.29 is 23.1 Å². The minimum Gasteiger partial charge on any atom is -0.330 e. The monoisotopic (exact) mass is 157 g/mol. The summed E-state index contributed by atoms with van der Waals surface area (Å²) in [5.41, 5.74) is 0. The molecule has 0 aliphatic carbocycles. The van der Waals surface area contributed by atoms with Crippen LogP contribution in [0.2, 0.25) is 0 Å². The molecule has 0 aromatic heterocycles. The van der Waals surface area contributed by atoms with Crippen LogP contribution < -0.4 is 0 Å². The summed E-state index contributed by atoms with van der Waals surface area (Å²) in [6, 6.07) is 0. The van der Waals surface area contributed by atoms with Crippen LogP contribution in [-0.4, -0.2) is 10.3 Å². The van der Waals surface area contributed by atoms with Gasteiger partial charge in [-0.3, -0.25) is 0 Å². The quantitative estimate of drug-likeness (QED) is 0.499. The summed E-state index contributed by atoms with van der Waals surface area (Å²) >= 11 is 0.926. The van der Waals surface area contributed by atoms with E-state index in [1.807, 2.05) is 0 Å². The number of hydrogen-bond acceptors (Lipinski definition) is 2. The first-order chi connectivity index (χ1) is 2.91. The Bertz CT molecular complexity index is 23.7. The molecule has 0 saturated heterocycles. The van der Waals surface area contributed by atoms with Crippen LogP contribution in [0.3, 0.4) is 0 Å². The van der Waals surface area contributed by atoms with Crippen molar-refractivity contribution in [2.75, 3.05) is 5.75 Å². The molecule has 3 heteroatoms. The van der Waals surface area contributed by atoms with Crippen LogP contribution >= 0.6 is 12.0 Å². The first-order valence-electron chi connectivity index (χ1n) is 2.18. The molecular weight excluding hydrogens is 147 g/mol. The second-order valence-electron chi connectivity index (χ2n) is 1.19. The zero-order valence-corrected chi connectivity index (χ0v) is 6.64. The predicted octanol–water partition coefficient (Wildman–Crippen LogP) is 1.99. The minimum atomic E-state index is 0. The van der Waals surface area contributed by atoms with Gasteiger partial charge in [0.15, 0.2) is 0 Å². The molecule has 0 aromatic carbocycles. The fourth-order valence-electron chi connectivity index (χ4n) is 0.209. The van der Waals surface area contributed by atoms with Crippen molar-refractivity contribution >= 4 is 12.0 Å². The molecule has 0 atom stereocenters. The van der Waals surface area contributed by atoms with Gasteiger partial charge in [-0.25, -0.2) is 0 Å². The van der Waals surface area contributed by atoms with Gasteiger partial charge in [-0.05, 0) is 18.5 Å². The Morgan fingerprint density at radius 3 is 2.29 bits per heavy atom. The summed E-state index contributed by atoms with van der Waals surface area (Å²) < 4.78 is 8.11. The van der Waals surface area contributed by atoms with Gasteiger partial charge in [0.2, 0.25) is 0 Å². The van der Waals surface area contributed by atoms with E-state index in [9.17, 15) is 0 Å². The first kappa shape index (κ1) is 10.8. The molecule has 0 aromatic rings. The van der Waals surface area contributed by atoms with Crippen LogP contribution in [0.25, 0.3) is 0 Å². The number of unbranched alkanes of at least 4 members (excludes halogenated alkanes) is 1. The number of hydrogen-bond donors (Lipinski definition) is 1. The minimum absolute atomic E-state index is 0. The summed E-state index contributed by atoms with van der Waals surface area (Å²) in [4.78, 5) is 0. The molecule has 0 spiro atoms. The average Bonchev–Trinajstić information content (AvgIpc) is 1.61. The standard InChI is InChI=1S/C4H10OS.V/c1-2-3-4-6-5;/h5H,2-4H2,1H3;. The Morgan fingerprint density at radius 1 is 1.57 bits per heavy atom. The summed E-state index contributed by atoms with van der Waals surface area (Å²) in [5, 5.41) is 0. The van der Waals surface area contributed by atoms with E-state index >= 15 is 0 Å². The van der Waals surface area contributed by atoms with Gasteiger partial charge in [-0.15, -0.1) is 0 Å². The molecule has 43 valence electrons. The first-order valence-corrected chi connectivity index (χ1v) is 3.12. The molecule has 0 amide bonds. The number of rotatable bonds is 3. The van der Waals surface area contributed by atoms with Gasteiger partial charge < -0.3 is 4.55 Å². The molecule has 0 bridgehead atoms. The van der Waals surface area contributed by atoms with E-state index in [4.69, 9.17) is 4.55 Å². The topological polar surface area (TPSA) is 20.2 Å². The molecule has 7 heavy (non-hydrogen) atoms. The van der Waals surface area contributed by atoms with Crippen LogP contribution in [0.15, 0.2) is 0 Å². The Labute approximate surface area is 61.0 Å². The van der Waals surface area contributed by atoms with Gasteiger partial charge in [0.1, 0.15) is 0 Å². The zero-order chi connectivity index (χ0) is 4.83. The molecule has 0 unspecified atom stereocenters. The van der Waals surface area contributed by atoms with Crippen molar-refractivity contribution in [2.24, 2.45) is 0 Å². The third-order valence-corrected chi connectivity index (χ3v) is 1.06. The summed E-state index contributed by atoms with van der Waals surface area (Å²) in [7, 11) is 0. The van der Waals surface area contributed by atoms with E-state index in [1.54, 1.807) is 0 Å². The van der Waals surface area contributed by atoms with Crippen LogP contribution in [0.4, 0.5) is 0 Å². The third kappa shape index (κ3) is 10.9. The third-order valence-electron chi connectivity index (χ3n) is 0.589. The second-order valence-corrected chi connectivity index (χ2v) is 1.85. The Morgan fingerprint density at radius 2 is 2.14 bits per heavy atom. The van der Waals surface area contributed by atoms with E-state index in [0.717, 1.165) is 24.2 Å². The van der Waals surface area contributed by atoms with Crippen molar-refractivity contribution in [3.05, 3.63) is 0 Å². The second kappa shape index (κ2) is 10.00. The Hall–Kier alpha value is 0.894. The molecule has 0 heterocycles. The van der Waals surface area contributed by atoms with Crippen molar-refractivity contribution in [2.45, 2.75) is 19.8 Å². The molecule has 0 aliphatic heterocycles. The fraction of sp³-hybridized carbons (Fsp3) is 1.00. The normalized spacial score (nSPS) is 7.71. The summed E-state index contributed by atoms with van der Waals surface area (Å²) in [6.07, 6.45) is 2.30. The fourth-order valence-corrected chi connectivity index (χ4v) is 0.627. The van der Waals surface area contributed by atoms with Gasteiger partial charge in [0, 0.05) is 24.3 Å². The Balaban J connectivity index is 0. The molecule has 0 aliphatic rings. The van der Waals surface area contributed by atoms with Crippen molar-refractivity contribution in [3.8, 4) is 0 Å². The van der Waals surface area contributed by atoms with Crippen molar-refractivity contribution in [1.82, 2.24) is 0 Å². The van der Waals surface area contributed by atoms with Crippen LogP contribution in [0.5, 0.6) is 0 Å². The Kier molecular flexibility index (Phi) is 15.4. The van der Waals surface area contributed by atoms with E-state index in [0.29, 0.717) is 0 Å². The molecule has 1 nitrogen and oxygen atoms in total. The smallest absolute Gasteiger partial charge is 0.0195 e. The van der Waals surface area contributed by atoms with Gasteiger partial charge in [-0.1, -0.05) is 13.3 Å². The zero-order valence-electron chi connectivity index (χ0n) is 4.42.